The Morgan fingerprint density at radius 3 is 2.73 bits per heavy atom. The second kappa shape index (κ2) is 4.12. The predicted molar refractivity (Wildman–Crippen MR) is 56.3 cm³/mol. The maximum absolute atomic E-state index is 11.3. The van der Waals surface area contributed by atoms with Crippen LogP contribution in [0.25, 0.3) is 0 Å². The molecule has 0 aromatic heterocycles. The zero-order chi connectivity index (χ0) is 11.0. The van der Waals surface area contributed by atoms with Gasteiger partial charge in [0.1, 0.15) is 0 Å². The van der Waals surface area contributed by atoms with E-state index in [1.165, 1.54) is 0 Å². The van der Waals surface area contributed by atoms with Gasteiger partial charge < -0.3 is 9.47 Å². The second-order valence-electron chi connectivity index (χ2n) is 5.21. The van der Waals surface area contributed by atoms with E-state index in [1.54, 1.807) is 0 Å². The number of carbonyl (C=O) groups is 1. The molecule has 3 heteroatoms. The minimum absolute atomic E-state index is 0.0196. The fraction of sp³-hybridized carbons (Fsp3) is 0.917. The molecule has 4 atom stereocenters. The van der Waals surface area contributed by atoms with Gasteiger partial charge in [0.25, 0.3) is 0 Å². The van der Waals surface area contributed by atoms with Crippen LogP contribution in [0.4, 0.5) is 0 Å². The summed E-state index contributed by atoms with van der Waals surface area (Å²) >= 11 is 0. The quantitative estimate of drug-likeness (QED) is 0.530. The van der Waals surface area contributed by atoms with Crippen LogP contribution in [0, 0.1) is 17.8 Å². The molecule has 2 fully saturated rings. The Morgan fingerprint density at radius 1 is 1.40 bits per heavy atom. The lowest BCUT2D eigenvalue weighted by Crippen LogP contribution is -2.28. The predicted octanol–water partition coefficient (Wildman–Crippen LogP) is 2.00. The van der Waals surface area contributed by atoms with Gasteiger partial charge in [-0.2, -0.15) is 0 Å². The molecule has 3 nitrogen and oxygen atoms in total. The molecule has 0 amide bonds. The summed E-state index contributed by atoms with van der Waals surface area (Å²) < 4.78 is 10.8. The topological polar surface area (TPSA) is 38.8 Å². The number of carbonyl (C=O) groups excluding carboxylic acids is 1. The van der Waals surface area contributed by atoms with Gasteiger partial charge in [0.2, 0.25) is 0 Å². The Balaban J connectivity index is 1.76. The maximum Gasteiger partial charge on any atom is 0.308 e. The summed E-state index contributed by atoms with van der Waals surface area (Å²) in [5.74, 6) is 1.01. The molecular weight excluding hydrogens is 192 g/mol. The van der Waals surface area contributed by atoms with Crippen molar-refractivity contribution in [1.82, 2.24) is 0 Å². The molecule has 1 saturated carbocycles. The lowest BCUT2D eigenvalue weighted by Gasteiger charge is -2.25. The second-order valence-corrected chi connectivity index (χ2v) is 5.21. The summed E-state index contributed by atoms with van der Waals surface area (Å²) in [5, 5.41) is 0. The van der Waals surface area contributed by atoms with Gasteiger partial charge in [0, 0.05) is 0 Å². The van der Waals surface area contributed by atoms with Crippen LogP contribution in [0.1, 0.15) is 33.6 Å². The van der Waals surface area contributed by atoms with Gasteiger partial charge in [0.15, 0.2) is 0 Å². The van der Waals surface area contributed by atoms with E-state index in [9.17, 15) is 4.79 Å². The average molecular weight is 212 g/mol. The van der Waals surface area contributed by atoms with Crippen molar-refractivity contribution in [2.24, 2.45) is 17.8 Å². The van der Waals surface area contributed by atoms with Crippen LogP contribution >= 0.6 is 0 Å². The van der Waals surface area contributed by atoms with Crippen molar-refractivity contribution >= 4 is 5.97 Å². The van der Waals surface area contributed by atoms with E-state index in [0.29, 0.717) is 30.7 Å². The van der Waals surface area contributed by atoms with E-state index >= 15 is 0 Å². The summed E-state index contributed by atoms with van der Waals surface area (Å²) in [6.07, 6.45) is 3.17. The van der Waals surface area contributed by atoms with Crippen molar-refractivity contribution in [2.45, 2.75) is 45.8 Å². The van der Waals surface area contributed by atoms with Crippen molar-refractivity contribution < 1.29 is 14.3 Å². The molecule has 0 spiro atoms. The highest BCUT2D eigenvalue weighted by Gasteiger charge is 2.47. The van der Waals surface area contributed by atoms with Gasteiger partial charge in [-0.05, 0) is 24.7 Å². The van der Waals surface area contributed by atoms with Crippen LogP contribution in [0.15, 0.2) is 0 Å². The van der Waals surface area contributed by atoms with Gasteiger partial charge in [-0.1, -0.05) is 20.8 Å². The highest BCUT2D eigenvalue weighted by atomic mass is 16.6. The highest BCUT2D eigenvalue weighted by Crippen LogP contribution is 2.42. The first-order valence-electron chi connectivity index (χ1n) is 5.90. The molecule has 1 aliphatic heterocycles. The number of fused-ring (bicyclic) bond motifs is 1. The molecular formula is C12H20O3. The molecule has 0 radical (unpaired) electrons. The molecule has 0 bridgehead atoms. The molecule has 0 N–H and O–H groups in total. The standard InChI is InChI=1S/C12H20O3/c1-7(2)12(13)14-6-9-5-11-10(15-11)4-8(9)3/h7-11H,4-6H2,1-3H3. The largest absolute Gasteiger partial charge is 0.465 e. The van der Waals surface area contributed by atoms with Crippen LogP contribution in [-0.2, 0) is 14.3 Å². The third kappa shape index (κ3) is 2.51. The Morgan fingerprint density at radius 2 is 2.07 bits per heavy atom. The van der Waals surface area contributed by atoms with E-state index in [1.807, 2.05) is 13.8 Å². The molecule has 15 heavy (non-hydrogen) atoms. The fourth-order valence-electron chi connectivity index (χ4n) is 2.27. The fourth-order valence-corrected chi connectivity index (χ4v) is 2.27. The smallest absolute Gasteiger partial charge is 0.308 e. The minimum atomic E-state index is -0.0824. The van der Waals surface area contributed by atoms with Gasteiger partial charge in [0.05, 0.1) is 24.7 Å². The van der Waals surface area contributed by atoms with Crippen molar-refractivity contribution in [3.63, 3.8) is 0 Å². The Labute approximate surface area is 91.1 Å². The van der Waals surface area contributed by atoms with Crippen molar-refractivity contribution in [1.29, 1.82) is 0 Å². The van der Waals surface area contributed by atoms with E-state index in [4.69, 9.17) is 9.47 Å². The summed E-state index contributed by atoms with van der Waals surface area (Å²) in [7, 11) is 0. The number of ether oxygens (including phenoxy) is 2. The van der Waals surface area contributed by atoms with E-state index in [0.717, 1.165) is 12.8 Å². The van der Waals surface area contributed by atoms with Gasteiger partial charge in [-0.25, -0.2) is 0 Å². The first kappa shape index (κ1) is 10.9. The van der Waals surface area contributed by atoms with Crippen LogP contribution < -0.4 is 0 Å². The van der Waals surface area contributed by atoms with Crippen LogP contribution in [0.3, 0.4) is 0 Å². The number of rotatable bonds is 3. The molecule has 2 rings (SSSR count). The van der Waals surface area contributed by atoms with Crippen LogP contribution in [-0.4, -0.2) is 24.8 Å². The van der Waals surface area contributed by atoms with Crippen molar-refractivity contribution in [2.75, 3.05) is 6.61 Å². The molecule has 1 heterocycles. The maximum atomic E-state index is 11.3. The summed E-state index contributed by atoms with van der Waals surface area (Å²) in [6, 6.07) is 0. The van der Waals surface area contributed by atoms with Crippen LogP contribution in [0.5, 0.6) is 0 Å². The van der Waals surface area contributed by atoms with E-state index in [2.05, 4.69) is 6.92 Å². The van der Waals surface area contributed by atoms with Crippen molar-refractivity contribution in [3.8, 4) is 0 Å². The Bertz CT molecular complexity index is 249. The monoisotopic (exact) mass is 212 g/mol. The summed E-state index contributed by atoms with van der Waals surface area (Å²) in [4.78, 5) is 11.3. The number of hydrogen-bond acceptors (Lipinski definition) is 3. The van der Waals surface area contributed by atoms with Crippen molar-refractivity contribution in [3.05, 3.63) is 0 Å². The first-order valence-corrected chi connectivity index (χ1v) is 5.90. The Hall–Kier alpha value is -0.570. The van der Waals surface area contributed by atoms with Crippen LogP contribution in [0.2, 0.25) is 0 Å². The lowest BCUT2D eigenvalue weighted by atomic mass is 9.81. The number of hydrogen-bond donors (Lipinski definition) is 0. The van der Waals surface area contributed by atoms with Gasteiger partial charge in [-0.3, -0.25) is 4.79 Å². The van der Waals surface area contributed by atoms with E-state index in [-0.39, 0.29) is 11.9 Å². The van der Waals surface area contributed by atoms with E-state index < -0.39 is 0 Å². The molecule has 86 valence electrons. The van der Waals surface area contributed by atoms with Gasteiger partial charge >= 0.3 is 5.97 Å². The van der Waals surface area contributed by atoms with Gasteiger partial charge in [-0.15, -0.1) is 0 Å². The molecule has 1 saturated heterocycles. The molecule has 1 aliphatic carbocycles. The molecule has 4 unspecified atom stereocenters. The Kier molecular flexibility index (Phi) is 3.01. The highest BCUT2D eigenvalue weighted by molar-refractivity contribution is 5.71. The summed E-state index contributed by atoms with van der Waals surface area (Å²) in [5.41, 5.74) is 0. The SMILES string of the molecule is CC(C)C(=O)OCC1CC2OC2CC1C. The molecule has 2 aliphatic rings. The first-order chi connectivity index (χ1) is 7.08. The average Bonchev–Trinajstić information content (AvgIpc) is 2.91. The number of epoxide rings is 1. The summed E-state index contributed by atoms with van der Waals surface area (Å²) in [6.45, 7) is 6.54. The molecule has 0 aromatic carbocycles. The lowest BCUT2D eigenvalue weighted by molar-refractivity contribution is -0.149. The normalized spacial score (nSPS) is 38.7. The number of esters is 1. The zero-order valence-electron chi connectivity index (χ0n) is 9.73. The third-order valence-corrected chi connectivity index (χ3v) is 3.54. The zero-order valence-corrected chi connectivity index (χ0v) is 9.73. The minimum Gasteiger partial charge on any atom is -0.465 e. The third-order valence-electron chi connectivity index (χ3n) is 3.54. The molecule has 0 aromatic rings.